The van der Waals surface area contributed by atoms with Crippen LogP contribution in [0.2, 0.25) is 0 Å². The number of nitrogens with zero attached hydrogens (tertiary/aromatic N) is 2. The van der Waals surface area contributed by atoms with E-state index < -0.39 is 0 Å². The van der Waals surface area contributed by atoms with Gasteiger partial charge in [-0.05, 0) is 43.9 Å². The van der Waals surface area contributed by atoms with Gasteiger partial charge in [-0.1, -0.05) is 0 Å². The molecule has 0 spiro atoms. The Morgan fingerprint density at radius 3 is 2.29 bits per heavy atom. The molecule has 3 aliphatic rings. The van der Waals surface area contributed by atoms with Crippen molar-refractivity contribution in [3.8, 4) is 11.5 Å². The fourth-order valence-electron chi connectivity index (χ4n) is 3.86. The lowest BCUT2D eigenvalue weighted by Crippen LogP contribution is -2.47. The summed E-state index contributed by atoms with van der Waals surface area (Å²) >= 11 is 0. The first-order chi connectivity index (χ1) is 13.6. The molecule has 2 heterocycles. The molecule has 0 radical (unpaired) electrons. The van der Waals surface area contributed by atoms with Crippen LogP contribution in [0.1, 0.15) is 48.9 Å². The summed E-state index contributed by atoms with van der Waals surface area (Å²) in [4.78, 5) is 28.7. The minimum Gasteiger partial charge on any atom is -0.493 e. The molecule has 7 nitrogen and oxygen atoms in total. The Morgan fingerprint density at radius 2 is 1.64 bits per heavy atom. The monoisotopic (exact) mass is 387 g/mol. The molecule has 1 saturated carbocycles. The summed E-state index contributed by atoms with van der Waals surface area (Å²) in [5.41, 5.74) is 0.587. The van der Waals surface area contributed by atoms with Crippen LogP contribution < -0.4 is 14.8 Å². The number of piperidine rings is 1. The van der Waals surface area contributed by atoms with Crippen molar-refractivity contribution in [3.63, 3.8) is 0 Å². The van der Waals surface area contributed by atoms with Crippen LogP contribution in [0.4, 0.5) is 4.79 Å². The molecule has 7 heteroatoms. The Bertz CT molecular complexity index is 720. The average molecular weight is 387 g/mol. The van der Waals surface area contributed by atoms with E-state index in [2.05, 4.69) is 5.32 Å². The van der Waals surface area contributed by atoms with Crippen molar-refractivity contribution in [3.05, 3.63) is 23.8 Å². The highest BCUT2D eigenvalue weighted by Crippen LogP contribution is 2.31. The smallest absolute Gasteiger partial charge is 0.320 e. The van der Waals surface area contributed by atoms with Gasteiger partial charge in [0.05, 0.1) is 7.11 Å². The average Bonchev–Trinajstić information content (AvgIpc) is 3.36. The molecule has 1 aromatic carbocycles. The first-order valence-corrected chi connectivity index (χ1v) is 10.3. The highest BCUT2D eigenvalue weighted by molar-refractivity contribution is 5.95. The van der Waals surface area contributed by atoms with Crippen LogP contribution in [0.3, 0.4) is 0 Å². The van der Waals surface area contributed by atoms with Crippen molar-refractivity contribution in [2.24, 2.45) is 0 Å². The van der Waals surface area contributed by atoms with Crippen LogP contribution >= 0.6 is 0 Å². The number of carbonyl (C=O) groups is 2. The number of hydrogen-bond donors (Lipinski definition) is 1. The zero-order valence-corrected chi connectivity index (χ0v) is 16.5. The Hall–Kier alpha value is -2.44. The topological polar surface area (TPSA) is 71.1 Å². The molecule has 2 aliphatic heterocycles. The number of likely N-dealkylation sites (tertiary alicyclic amines) is 2. The number of amides is 3. The third-order valence-corrected chi connectivity index (χ3v) is 5.72. The van der Waals surface area contributed by atoms with Gasteiger partial charge in [0, 0.05) is 50.6 Å². The van der Waals surface area contributed by atoms with Crippen LogP contribution in [-0.2, 0) is 0 Å². The van der Waals surface area contributed by atoms with Crippen molar-refractivity contribution in [1.82, 2.24) is 15.1 Å². The van der Waals surface area contributed by atoms with Crippen molar-refractivity contribution in [1.29, 1.82) is 0 Å². The summed E-state index contributed by atoms with van der Waals surface area (Å²) in [5, 5.41) is 3.00. The van der Waals surface area contributed by atoms with Crippen molar-refractivity contribution >= 4 is 11.9 Å². The number of ether oxygens (including phenoxy) is 2. The zero-order chi connectivity index (χ0) is 19.5. The normalized spacial score (nSPS) is 20.2. The van der Waals surface area contributed by atoms with Gasteiger partial charge in [0.2, 0.25) is 0 Å². The predicted molar refractivity (Wildman–Crippen MR) is 105 cm³/mol. The molecule has 1 N–H and O–H groups in total. The summed E-state index contributed by atoms with van der Waals surface area (Å²) < 4.78 is 11.6. The molecule has 0 atom stereocenters. The fraction of sp³-hybridized carbons (Fsp3) is 0.619. The number of nitrogens with one attached hydrogen (secondary N) is 1. The molecule has 152 valence electrons. The van der Waals surface area contributed by atoms with E-state index in [4.69, 9.17) is 9.47 Å². The molecular weight excluding hydrogens is 358 g/mol. The quantitative estimate of drug-likeness (QED) is 0.843. The van der Waals surface area contributed by atoms with E-state index in [1.807, 2.05) is 9.80 Å². The molecule has 0 unspecified atom stereocenters. The Balaban J connectivity index is 1.35. The second kappa shape index (κ2) is 8.29. The molecule has 1 aromatic rings. The SMILES string of the molecule is COc1ccc(C(=O)NC2CC2)cc1OC1CCN(C(=O)N2CCCC2)CC1. The maximum Gasteiger partial charge on any atom is 0.320 e. The van der Waals surface area contributed by atoms with Crippen LogP contribution in [-0.4, -0.2) is 67.2 Å². The molecule has 1 aliphatic carbocycles. The summed E-state index contributed by atoms with van der Waals surface area (Å²) in [5.74, 6) is 1.15. The standard InChI is InChI=1S/C21H29N3O4/c1-27-18-7-4-15(20(25)22-16-5-6-16)14-19(18)28-17-8-12-24(13-9-17)21(26)23-10-2-3-11-23/h4,7,14,16-17H,2-3,5-6,8-13H2,1H3,(H,22,25). The van der Waals surface area contributed by atoms with Gasteiger partial charge in [-0.2, -0.15) is 0 Å². The van der Waals surface area contributed by atoms with Crippen LogP contribution in [0.25, 0.3) is 0 Å². The third-order valence-electron chi connectivity index (χ3n) is 5.72. The largest absolute Gasteiger partial charge is 0.493 e. The maximum absolute atomic E-state index is 12.5. The fourth-order valence-corrected chi connectivity index (χ4v) is 3.86. The number of carbonyl (C=O) groups excluding carboxylic acids is 2. The minimum absolute atomic E-state index is 0.0123. The van der Waals surface area contributed by atoms with Gasteiger partial charge >= 0.3 is 6.03 Å². The lowest BCUT2D eigenvalue weighted by molar-refractivity contribution is 0.0930. The molecule has 0 aromatic heterocycles. The van der Waals surface area contributed by atoms with Crippen molar-refractivity contribution < 1.29 is 19.1 Å². The maximum atomic E-state index is 12.5. The van der Waals surface area contributed by atoms with E-state index in [9.17, 15) is 9.59 Å². The van der Waals surface area contributed by atoms with Gasteiger partial charge in [-0.25, -0.2) is 4.79 Å². The summed E-state index contributed by atoms with van der Waals surface area (Å²) in [7, 11) is 1.60. The second-order valence-corrected chi connectivity index (χ2v) is 7.89. The number of urea groups is 1. The van der Waals surface area contributed by atoms with Crippen LogP contribution in [0.5, 0.6) is 11.5 Å². The first kappa shape index (κ1) is 18.9. The lowest BCUT2D eigenvalue weighted by atomic mass is 10.1. The van der Waals surface area contributed by atoms with Gasteiger partial charge in [-0.3, -0.25) is 4.79 Å². The molecule has 4 rings (SSSR count). The highest BCUT2D eigenvalue weighted by atomic mass is 16.5. The van der Waals surface area contributed by atoms with E-state index in [1.54, 1.807) is 25.3 Å². The molecule has 2 saturated heterocycles. The van der Waals surface area contributed by atoms with E-state index in [-0.39, 0.29) is 18.0 Å². The number of benzene rings is 1. The Kier molecular flexibility index (Phi) is 5.59. The molecule has 3 amide bonds. The first-order valence-electron chi connectivity index (χ1n) is 10.3. The minimum atomic E-state index is -0.0685. The van der Waals surface area contributed by atoms with E-state index in [0.29, 0.717) is 36.2 Å². The van der Waals surface area contributed by atoms with Gasteiger partial charge in [0.1, 0.15) is 6.10 Å². The van der Waals surface area contributed by atoms with Crippen molar-refractivity contribution in [2.45, 2.75) is 50.7 Å². The Labute approximate surface area is 166 Å². The predicted octanol–water partition coefficient (Wildman–Crippen LogP) is 2.65. The van der Waals surface area contributed by atoms with Gasteiger partial charge in [0.15, 0.2) is 11.5 Å². The van der Waals surface area contributed by atoms with Gasteiger partial charge in [-0.15, -0.1) is 0 Å². The third kappa shape index (κ3) is 4.34. The van der Waals surface area contributed by atoms with E-state index in [0.717, 1.165) is 51.6 Å². The zero-order valence-electron chi connectivity index (χ0n) is 16.5. The van der Waals surface area contributed by atoms with Crippen LogP contribution in [0.15, 0.2) is 18.2 Å². The summed E-state index contributed by atoms with van der Waals surface area (Å²) in [6.45, 7) is 3.15. The molecule has 3 fully saturated rings. The van der Waals surface area contributed by atoms with E-state index >= 15 is 0 Å². The highest BCUT2D eigenvalue weighted by Gasteiger charge is 2.29. The van der Waals surface area contributed by atoms with E-state index in [1.165, 1.54) is 0 Å². The number of methoxy groups -OCH3 is 1. The summed E-state index contributed by atoms with van der Waals surface area (Å²) in [6.07, 6.45) is 5.90. The second-order valence-electron chi connectivity index (χ2n) is 7.89. The van der Waals surface area contributed by atoms with Crippen molar-refractivity contribution in [2.75, 3.05) is 33.3 Å². The number of rotatable bonds is 5. The van der Waals surface area contributed by atoms with Crippen LogP contribution in [0, 0.1) is 0 Å². The number of hydrogen-bond acceptors (Lipinski definition) is 4. The van der Waals surface area contributed by atoms with Gasteiger partial charge < -0.3 is 24.6 Å². The summed E-state index contributed by atoms with van der Waals surface area (Å²) in [6, 6.07) is 5.78. The molecular formula is C21H29N3O4. The Morgan fingerprint density at radius 1 is 0.964 bits per heavy atom. The molecule has 0 bridgehead atoms. The molecule has 28 heavy (non-hydrogen) atoms. The lowest BCUT2D eigenvalue weighted by Gasteiger charge is -2.34. The van der Waals surface area contributed by atoms with Gasteiger partial charge in [0.25, 0.3) is 5.91 Å².